The summed E-state index contributed by atoms with van der Waals surface area (Å²) in [5.74, 6) is 1.26. The minimum absolute atomic E-state index is 0.158. The molecule has 2 aromatic rings. The van der Waals surface area contributed by atoms with E-state index in [1.165, 1.54) is 6.33 Å². The first-order valence-electron chi connectivity index (χ1n) is 5.44. The molecule has 1 aromatic carbocycles. The normalized spacial score (nSPS) is 10.2. The SMILES string of the molecule is Cc1cc(Oc2ccc(CCO)cc2)ncn1. The number of nitrogens with zero attached hydrogens (tertiary/aromatic N) is 2. The van der Waals surface area contributed by atoms with Crippen LogP contribution in [-0.4, -0.2) is 21.7 Å². The fraction of sp³-hybridized carbons (Fsp3) is 0.231. The lowest BCUT2D eigenvalue weighted by molar-refractivity contribution is 0.299. The van der Waals surface area contributed by atoms with Crippen molar-refractivity contribution in [2.24, 2.45) is 0 Å². The van der Waals surface area contributed by atoms with E-state index in [0.29, 0.717) is 12.3 Å². The fourth-order valence-corrected chi connectivity index (χ4v) is 1.46. The number of aromatic nitrogens is 2. The zero-order chi connectivity index (χ0) is 12.1. The van der Waals surface area contributed by atoms with Gasteiger partial charge in [0.1, 0.15) is 12.1 Å². The number of ether oxygens (including phenoxy) is 1. The number of rotatable bonds is 4. The summed E-state index contributed by atoms with van der Waals surface area (Å²) in [6.07, 6.45) is 2.14. The first kappa shape index (κ1) is 11.5. The van der Waals surface area contributed by atoms with Crippen LogP contribution in [0.25, 0.3) is 0 Å². The first-order chi connectivity index (χ1) is 8.28. The Kier molecular flexibility index (Phi) is 3.67. The van der Waals surface area contributed by atoms with Crippen LogP contribution >= 0.6 is 0 Å². The molecule has 0 atom stereocenters. The smallest absolute Gasteiger partial charge is 0.222 e. The van der Waals surface area contributed by atoms with Crippen molar-refractivity contribution in [3.8, 4) is 11.6 Å². The molecule has 0 radical (unpaired) electrons. The molecule has 0 spiro atoms. The van der Waals surface area contributed by atoms with Crippen molar-refractivity contribution in [3.05, 3.63) is 47.9 Å². The Balaban J connectivity index is 2.08. The molecule has 0 saturated heterocycles. The van der Waals surface area contributed by atoms with Gasteiger partial charge in [0, 0.05) is 18.4 Å². The van der Waals surface area contributed by atoms with Crippen LogP contribution in [0, 0.1) is 6.92 Å². The molecule has 1 N–H and O–H groups in total. The molecule has 2 rings (SSSR count). The predicted octanol–water partition coefficient (Wildman–Crippen LogP) is 2.11. The lowest BCUT2D eigenvalue weighted by Crippen LogP contribution is -1.92. The van der Waals surface area contributed by atoms with E-state index in [-0.39, 0.29) is 6.61 Å². The van der Waals surface area contributed by atoms with Crippen LogP contribution in [0.2, 0.25) is 0 Å². The molecule has 1 heterocycles. The van der Waals surface area contributed by atoms with Gasteiger partial charge in [-0.25, -0.2) is 9.97 Å². The molecule has 0 bridgehead atoms. The summed E-state index contributed by atoms with van der Waals surface area (Å²) in [4.78, 5) is 8.02. The quantitative estimate of drug-likeness (QED) is 0.874. The third kappa shape index (κ3) is 3.26. The van der Waals surface area contributed by atoms with Crippen LogP contribution in [0.3, 0.4) is 0 Å². The Bertz CT molecular complexity index is 483. The van der Waals surface area contributed by atoms with Gasteiger partial charge in [-0.05, 0) is 31.0 Å². The molecular weight excluding hydrogens is 216 g/mol. The van der Waals surface area contributed by atoms with Gasteiger partial charge in [0.15, 0.2) is 0 Å². The molecule has 0 fully saturated rings. The van der Waals surface area contributed by atoms with Crippen molar-refractivity contribution in [3.63, 3.8) is 0 Å². The molecule has 0 unspecified atom stereocenters. The Morgan fingerprint density at radius 3 is 2.59 bits per heavy atom. The monoisotopic (exact) mass is 230 g/mol. The number of benzene rings is 1. The summed E-state index contributed by atoms with van der Waals surface area (Å²) < 4.78 is 5.58. The van der Waals surface area contributed by atoms with Crippen molar-refractivity contribution < 1.29 is 9.84 Å². The minimum Gasteiger partial charge on any atom is -0.439 e. The number of aryl methyl sites for hydroxylation is 1. The highest BCUT2D eigenvalue weighted by Crippen LogP contribution is 2.19. The van der Waals surface area contributed by atoms with E-state index >= 15 is 0 Å². The van der Waals surface area contributed by atoms with Crippen molar-refractivity contribution >= 4 is 0 Å². The summed E-state index contributed by atoms with van der Waals surface area (Å²) in [7, 11) is 0. The number of aliphatic hydroxyl groups excluding tert-OH is 1. The summed E-state index contributed by atoms with van der Waals surface area (Å²) in [5, 5.41) is 8.81. The summed E-state index contributed by atoms with van der Waals surface area (Å²) in [6.45, 7) is 2.05. The number of hydrogen-bond donors (Lipinski definition) is 1. The molecule has 0 aliphatic carbocycles. The largest absolute Gasteiger partial charge is 0.439 e. The molecule has 4 heteroatoms. The first-order valence-corrected chi connectivity index (χ1v) is 5.44. The molecule has 4 nitrogen and oxygen atoms in total. The Labute approximate surface area is 99.9 Å². The number of aliphatic hydroxyl groups is 1. The van der Waals surface area contributed by atoms with E-state index in [4.69, 9.17) is 9.84 Å². The maximum absolute atomic E-state index is 8.81. The maximum Gasteiger partial charge on any atom is 0.222 e. The van der Waals surface area contributed by atoms with Crippen molar-refractivity contribution in [1.82, 2.24) is 9.97 Å². The Hall–Kier alpha value is -1.94. The highest BCUT2D eigenvalue weighted by Gasteiger charge is 1.99. The molecule has 88 valence electrons. The van der Waals surface area contributed by atoms with E-state index in [2.05, 4.69) is 9.97 Å². The van der Waals surface area contributed by atoms with Crippen LogP contribution in [0.4, 0.5) is 0 Å². The second-order valence-corrected chi connectivity index (χ2v) is 3.72. The van der Waals surface area contributed by atoms with Crippen LogP contribution in [0.5, 0.6) is 11.6 Å². The molecule has 1 aromatic heterocycles. The van der Waals surface area contributed by atoms with E-state index < -0.39 is 0 Å². The Morgan fingerprint density at radius 2 is 1.94 bits per heavy atom. The molecule has 0 saturated carbocycles. The average molecular weight is 230 g/mol. The summed E-state index contributed by atoms with van der Waals surface area (Å²) >= 11 is 0. The third-order valence-electron chi connectivity index (χ3n) is 2.32. The van der Waals surface area contributed by atoms with E-state index in [9.17, 15) is 0 Å². The van der Waals surface area contributed by atoms with Gasteiger partial charge in [0.05, 0.1) is 0 Å². The van der Waals surface area contributed by atoms with Crippen LogP contribution in [0.15, 0.2) is 36.7 Å². The van der Waals surface area contributed by atoms with E-state index in [1.54, 1.807) is 6.07 Å². The second-order valence-electron chi connectivity index (χ2n) is 3.72. The van der Waals surface area contributed by atoms with Gasteiger partial charge >= 0.3 is 0 Å². The molecule has 0 aliphatic heterocycles. The third-order valence-corrected chi connectivity index (χ3v) is 2.32. The zero-order valence-corrected chi connectivity index (χ0v) is 9.63. The van der Waals surface area contributed by atoms with Gasteiger partial charge in [0.2, 0.25) is 5.88 Å². The zero-order valence-electron chi connectivity index (χ0n) is 9.63. The van der Waals surface area contributed by atoms with Gasteiger partial charge in [-0.1, -0.05) is 12.1 Å². The maximum atomic E-state index is 8.81. The van der Waals surface area contributed by atoms with Gasteiger partial charge in [-0.3, -0.25) is 0 Å². The van der Waals surface area contributed by atoms with E-state index in [1.807, 2.05) is 31.2 Å². The van der Waals surface area contributed by atoms with Crippen molar-refractivity contribution in [1.29, 1.82) is 0 Å². The van der Waals surface area contributed by atoms with Gasteiger partial charge in [0.25, 0.3) is 0 Å². The highest BCUT2D eigenvalue weighted by atomic mass is 16.5. The highest BCUT2D eigenvalue weighted by molar-refractivity contribution is 5.30. The van der Waals surface area contributed by atoms with Gasteiger partial charge < -0.3 is 9.84 Å². The van der Waals surface area contributed by atoms with E-state index in [0.717, 1.165) is 17.0 Å². The predicted molar refractivity (Wildman–Crippen MR) is 64.1 cm³/mol. The van der Waals surface area contributed by atoms with Crippen LogP contribution < -0.4 is 4.74 Å². The second kappa shape index (κ2) is 5.41. The summed E-state index contributed by atoms with van der Waals surface area (Å²) in [6, 6.07) is 9.37. The fourth-order valence-electron chi connectivity index (χ4n) is 1.46. The minimum atomic E-state index is 0.158. The van der Waals surface area contributed by atoms with Crippen LogP contribution in [0.1, 0.15) is 11.3 Å². The van der Waals surface area contributed by atoms with Gasteiger partial charge in [-0.15, -0.1) is 0 Å². The average Bonchev–Trinajstić information content (AvgIpc) is 2.32. The molecule has 17 heavy (non-hydrogen) atoms. The van der Waals surface area contributed by atoms with Crippen molar-refractivity contribution in [2.75, 3.05) is 6.61 Å². The van der Waals surface area contributed by atoms with Gasteiger partial charge in [-0.2, -0.15) is 0 Å². The lowest BCUT2D eigenvalue weighted by Gasteiger charge is -2.05. The summed E-state index contributed by atoms with van der Waals surface area (Å²) in [5.41, 5.74) is 1.95. The number of hydrogen-bond acceptors (Lipinski definition) is 4. The lowest BCUT2D eigenvalue weighted by atomic mass is 10.1. The molecule has 0 aliphatic rings. The molecular formula is C13H14N2O2. The van der Waals surface area contributed by atoms with Crippen LogP contribution in [-0.2, 0) is 6.42 Å². The van der Waals surface area contributed by atoms with Crippen molar-refractivity contribution in [2.45, 2.75) is 13.3 Å². The topological polar surface area (TPSA) is 55.2 Å². The molecule has 0 amide bonds. The standard InChI is InChI=1S/C13H14N2O2/c1-10-8-13(15-9-14-10)17-12-4-2-11(3-5-12)6-7-16/h2-5,8-9,16H,6-7H2,1H3. The Morgan fingerprint density at radius 1 is 1.18 bits per heavy atom.